The summed E-state index contributed by atoms with van der Waals surface area (Å²) in [5.41, 5.74) is 3.15. The van der Waals surface area contributed by atoms with Gasteiger partial charge >= 0.3 is 12.0 Å². The molecule has 0 aromatic heterocycles. The van der Waals surface area contributed by atoms with Crippen molar-refractivity contribution in [2.24, 2.45) is 11.8 Å². The highest BCUT2D eigenvalue weighted by molar-refractivity contribution is 6.00. The molecule has 1 saturated carbocycles. The van der Waals surface area contributed by atoms with E-state index in [4.69, 9.17) is 0 Å². The highest BCUT2D eigenvalue weighted by atomic mass is 16.4. The van der Waals surface area contributed by atoms with Crippen molar-refractivity contribution in [3.63, 3.8) is 0 Å². The first-order valence-electron chi connectivity index (χ1n) is 9.90. The maximum Gasteiger partial charge on any atom is 0.319 e. The minimum Gasteiger partial charge on any atom is -0.481 e. The number of carbonyl (C=O) groups excluding carboxylic acids is 2. The number of anilines is 1. The van der Waals surface area contributed by atoms with E-state index in [0.717, 1.165) is 17.5 Å². The molecule has 0 bridgehead atoms. The molecule has 0 spiro atoms. The Hall–Kier alpha value is -3.15. The summed E-state index contributed by atoms with van der Waals surface area (Å²) in [5.74, 6) is -1.97. The van der Waals surface area contributed by atoms with Crippen molar-refractivity contribution in [1.82, 2.24) is 5.32 Å². The molecular weight excluding hydrogens is 368 g/mol. The minimum absolute atomic E-state index is 0.0607. The molecule has 152 valence electrons. The average molecular weight is 394 g/mol. The Labute approximate surface area is 170 Å². The van der Waals surface area contributed by atoms with E-state index in [1.165, 1.54) is 0 Å². The number of Topliss-reactive ketones (excluding diaryl/α,β-unsaturated/α-hetero) is 1. The fraction of sp³-hybridized carbons (Fsp3) is 0.348. The van der Waals surface area contributed by atoms with E-state index in [1.807, 2.05) is 50.2 Å². The number of amides is 2. The lowest BCUT2D eigenvalue weighted by atomic mass is 9.88. The Kier molecular flexibility index (Phi) is 6.32. The van der Waals surface area contributed by atoms with Crippen molar-refractivity contribution in [2.45, 2.75) is 39.2 Å². The topological polar surface area (TPSA) is 95.5 Å². The summed E-state index contributed by atoms with van der Waals surface area (Å²) in [6.07, 6.45) is 1.98. The molecule has 3 N–H and O–H groups in total. The van der Waals surface area contributed by atoms with Crippen LogP contribution < -0.4 is 10.6 Å². The molecule has 1 fully saturated rings. The second-order valence-electron chi connectivity index (χ2n) is 7.75. The number of carboxylic acid groups (broad SMARTS) is 1. The molecule has 1 aliphatic rings. The molecule has 2 aromatic carbocycles. The Morgan fingerprint density at radius 1 is 0.897 bits per heavy atom. The Morgan fingerprint density at radius 2 is 1.45 bits per heavy atom. The highest BCUT2D eigenvalue weighted by Crippen LogP contribution is 2.34. The molecule has 0 saturated heterocycles. The van der Waals surface area contributed by atoms with Crippen LogP contribution in [0.2, 0.25) is 0 Å². The van der Waals surface area contributed by atoms with Crippen molar-refractivity contribution in [1.29, 1.82) is 0 Å². The lowest BCUT2D eigenvalue weighted by Crippen LogP contribution is -2.34. The molecule has 6 nitrogen and oxygen atoms in total. The van der Waals surface area contributed by atoms with Gasteiger partial charge in [-0.2, -0.15) is 0 Å². The SMILES string of the molecule is CC(C)NC(=O)Nc1ccc(-c2ccc(C(=O)[C@@H]3CCC[C@H]3C(=O)O)cc2)cc1. The van der Waals surface area contributed by atoms with Gasteiger partial charge in [0.25, 0.3) is 0 Å². The molecule has 0 heterocycles. The molecule has 0 aliphatic heterocycles. The van der Waals surface area contributed by atoms with Crippen LogP contribution in [0.1, 0.15) is 43.5 Å². The molecule has 6 heteroatoms. The number of urea groups is 1. The summed E-state index contributed by atoms with van der Waals surface area (Å²) in [4.78, 5) is 35.8. The van der Waals surface area contributed by atoms with E-state index in [0.29, 0.717) is 24.1 Å². The first-order valence-corrected chi connectivity index (χ1v) is 9.90. The van der Waals surface area contributed by atoms with E-state index < -0.39 is 17.8 Å². The lowest BCUT2D eigenvalue weighted by molar-refractivity contribution is -0.142. The summed E-state index contributed by atoms with van der Waals surface area (Å²) >= 11 is 0. The number of hydrogen-bond acceptors (Lipinski definition) is 3. The number of aliphatic carboxylic acids is 1. The standard InChI is InChI=1S/C23H26N2O4/c1-14(2)24-23(29)25-18-12-10-16(11-13-18)15-6-8-17(9-7-15)21(26)19-4-3-5-20(19)22(27)28/h6-14,19-20H,3-5H2,1-2H3,(H,27,28)(H2,24,25,29)/t19-,20-/m1/s1. The van der Waals surface area contributed by atoms with Gasteiger partial charge in [-0.05, 0) is 49.9 Å². The molecule has 2 aromatic rings. The van der Waals surface area contributed by atoms with Crippen molar-refractivity contribution in [3.8, 4) is 11.1 Å². The number of rotatable bonds is 6. The zero-order valence-electron chi connectivity index (χ0n) is 16.6. The highest BCUT2D eigenvalue weighted by Gasteiger charge is 2.37. The van der Waals surface area contributed by atoms with Gasteiger partial charge in [0.2, 0.25) is 0 Å². The summed E-state index contributed by atoms with van der Waals surface area (Å²) in [5, 5.41) is 14.9. The molecule has 2 atom stereocenters. The summed E-state index contributed by atoms with van der Waals surface area (Å²) < 4.78 is 0. The third-order valence-electron chi connectivity index (χ3n) is 5.24. The van der Waals surface area contributed by atoms with Crippen LogP contribution in [0.15, 0.2) is 48.5 Å². The molecule has 2 amide bonds. The molecule has 0 unspecified atom stereocenters. The number of benzene rings is 2. The normalized spacial score (nSPS) is 18.4. The van der Waals surface area contributed by atoms with Crippen LogP contribution in [-0.4, -0.2) is 28.9 Å². The maximum atomic E-state index is 12.7. The van der Waals surface area contributed by atoms with Crippen LogP contribution in [0, 0.1) is 11.8 Å². The summed E-state index contributed by atoms with van der Waals surface area (Å²) in [6, 6.07) is 14.5. The van der Waals surface area contributed by atoms with E-state index in [-0.39, 0.29) is 17.9 Å². The number of nitrogens with one attached hydrogen (secondary N) is 2. The van der Waals surface area contributed by atoms with Gasteiger partial charge in [-0.15, -0.1) is 0 Å². The third-order valence-corrected chi connectivity index (χ3v) is 5.24. The monoisotopic (exact) mass is 394 g/mol. The van der Waals surface area contributed by atoms with Crippen LogP contribution in [0.3, 0.4) is 0 Å². The molecule has 29 heavy (non-hydrogen) atoms. The predicted molar refractivity (Wildman–Crippen MR) is 112 cm³/mol. The van der Waals surface area contributed by atoms with Crippen LogP contribution in [0.4, 0.5) is 10.5 Å². The lowest BCUT2D eigenvalue weighted by Gasteiger charge is -2.15. The quantitative estimate of drug-likeness (QED) is 0.626. The van der Waals surface area contributed by atoms with E-state index in [2.05, 4.69) is 10.6 Å². The van der Waals surface area contributed by atoms with Crippen LogP contribution in [-0.2, 0) is 4.79 Å². The van der Waals surface area contributed by atoms with Gasteiger partial charge in [-0.25, -0.2) is 4.79 Å². The third kappa shape index (κ3) is 5.02. The Balaban J connectivity index is 1.68. The minimum atomic E-state index is -0.881. The summed E-state index contributed by atoms with van der Waals surface area (Å²) in [6.45, 7) is 3.79. The van der Waals surface area contributed by atoms with Crippen LogP contribution in [0.5, 0.6) is 0 Å². The van der Waals surface area contributed by atoms with Crippen molar-refractivity contribution >= 4 is 23.5 Å². The smallest absolute Gasteiger partial charge is 0.319 e. The number of hydrogen-bond donors (Lipinski definition) is 3. The Bertz CT molecular complexity index is 888. The number of ketones is 1. The second kappa shape index (κ2) is 8.90. The van der Waals surface area contributed by atoms with Gasteiger partial charge in [0.15, 0.2) is 5.78 Å². The van der Waals surface area contributed by atoms with Crippen LogP contribution in [0.25, 0.3) is 11.1 Å². The van der Waals surface area contributed by atoms with Crippen LogP contribution >= 0.6 is 0 Å². The van der Waals surface area contributed by atoms with Gasteiger partial charge < -0.3 is 15.7 Å². The van der Waals surface area contributed by atoms with Gasteiger partial charge in [0.05, 0.1) is 5.92 Å². The van der Waals surface area contributed by atoms with E-state index in [9.17, 15) is 19.5 Å². The van der Waals surface area contributed by atoms with Gasteiger partial charge in [-0.1, -0.05) is 42.8 Å². The van der Waals surface area contributed by atoms with E-state index in [1.54, 1.807) is 12.1 Å². The van der Waals surface area contributed by atoms with Crippen molar-refractivity contribution < 1.29 is 19.5 Å². The fourth-order valence-corrected chi connectivity index (χ4v) is 3.79. The number of carbonyl (C=O) groups is 3. The predicted octanol–water partition coefficient (Wildman–Crippen LogP) is 4.57. The van der Waals surface area contributed by atoms with Gasteiger partial charge in [0, 0.05) is 23.2 Å². The second-order valence-corrected chi connectivity index (χ2v) is 7.75. The Morgan fingerprint density at radius 3 is 2.00 bits per heavy atom. The zero-order valence-corrected chi connectivity index (χ0v) is 16.6. The zero-order chi connectivity index (χ0) is 21.0. The maximum absolute atomic E-state index is 12.7. The first-order chi connectivity index (χ1) is 13.8. The fourth-order valence-electron chi connectivity index (χ4n) is 3.79. The molecular formula is C23H26N2O4. The van der Waals surface area contributed by atoms with Crippen molar-refractivity contribution in [2.75, 3.05) is 5.32 Å². The number of carboxylic acids is 1. The molecule has 3 rings (SSSR count). The van der Waals surface area contributed by atoms with Crippen molar-refractivity contribution in [3.05, 3.63) is 54.1 Å². The largest absolute Gasteiger partial charge is 0.481 e. The molecule has 1 aliphatic carbocycles. The first kappa shape index (κ1) is 20.6. The van der Waals surface area contributed by atoms with Gasteiger partial charge in [-0.3, -0.25) is 9.59 Å². The average Bonchev–Trinajstić information content (AvgIpc) is 3.18. The molecule has 0 radical (unpaired) electrons. The van der Waals surface area contributed by atoms with E-state index >= 15 is 0 Å². The summed E-state index contributed by atoms with van der Waals surface area (Å²) in [7, 11) is 0. The van der Waals surface area contributed by atoms with Gasteiger partial charge in [0.1, 0.15) is 0 Å².